The van der Waals surface area contributed by atoms with Gasteiger partial charge in [0, 0.05) is 26.3 Å². The summed E-state index contributed by atoms with van der Waals surface area (Å²) in [7, 11) is 0. The van der Waals surface area contributed by atoms with Gasteiger partial charge in [0.2, 0.25) is 11.8 Å². The van der Waals surface area contributed by atoms with Crippen molar-refractivity contribution >= 4 is 5.91 Å². The predicted octanol–water partition coefficient (Wildman–Crippen LogP) is 0.195. The number of carbonyl (C=O) groups is 1. The third-order valence-corrected chi connectivity index (χ3v) is 3.21. The molecule has 2 heterocycles. The molecule has 0 spiro atoms. The highest BCUT2D eigenvalue weighted by molar-refractivity contribution is 5.75. The maximum absolute atomic E-state index is 11.6. The minimum absolute atomic E-state index is 0.000786. The molecule has 1 aliphatic heterocycles. The van der Waals surface area contributed by atoms with E-state index in [2.05, 4.69) is 20.8 Å². The normalized spacial score (nSPS) is 16.2. The molecule has 7 nitrogen and oxygen atoms in total. The van der Waals surface area contributed by atoms with E-state index in [-0.39, 0.29) is 5.91 Å². The fourth-order valence-electron chi connectivity index (χ4n) is 2.13. The first kappa shape index (κ1) is 14.9. The molecule has 0 aromatic carbocycles. The Morgan fingerprint density at radius 3 is 3.00 bits per heavy atom. The van der Waals surface area contributed by atoms with Crippen molar-refractivity contribution in [3.05, 3.63) is 11.7 Å². The van der Waals surface area contributed by atoms with Crippen molar-refractivity contribution < 1.29 is 14.1 Å². The quantitative estimate of drug-likeness (QED) is 0.742. The van der Waals surface area contributed by atoms with E-state index in [4.69, 9.17) is 9.26 Å². The Morgan fingerprint density at radius 1 is 1.50 bits per heavy atom. The third-order valence-electron chi connectivity index (χ3n) is 3.21. The van der Waals surface area contributed by atoms with Gasteiger partial charge in [-0.3, -0.25) is 4.79 Å². The van der Waals surface area contributed by atoms with E-state index in [1.54, 1.807) is 6.92 Å². The zero-order valence-electron chi connectivity index (χ0n) is 11.9. The summed E-state index contributed by atoms with van der Waals surface area (Å²) in [5.41, 5.74) is 0. The number of hydrogen-bond donors (Lipinski definition) is 2. The topological polar surface area (TPSA) is 89.3 Å². The van der Waals surface area contributed by atoms with Crippen LogP contribution in [0.25, 0.3) is 0 Å². The molecule has 1 amide bonds. The van der Waals surface area contributed by atoms with Crippen LogP contribution in [-0.4, -0.2) is 48.4 Å². The number of nitrogens with zero attached hydrogens (tertiary/aromatic N) is 2. The van der Waals surface area contributed by atoms with Crippen LogP contribution in [0.15, 0.2) is 4.52 Å². The predicted molar refractivity (Wildman–Crippen MR) is 72.2 cm³/mol. The van der Waals surface area contributed by atoms with Gasteiger partial charge in [-0.15, -0.1) is 0 Å². The number of piperidine rings is 1. The number of carbonyl (C=O) groups excluding carboxylic acids is 1. The summed E-state index contributed by atoms with van der Waals surface area (Å²) in [6.45, 7) is 4.75. The highest BCUT2D eigenvalue weighted by Gasteiger charge is 2.13. The van der Waals surface area contributed by atoms with E-state index < -0.39 is 0 Å². The first-order valence-corrected chi connectivity index (χ1v) is 7.12. The Labute approximate surface area is 118 Å². The number of aromatic nitrogens is 2. The van der Waals surface area contributed by atoms with Crippen molar-refractivity contribution in [2.24, 2.45) is 0 Å². The molecule has 0 aliphatic carbocycles. The average molecular weight is 282 g/mol. The monoisotopic (exact) mass is 282 g/mol. The van der Waals surface area contributed by atoms with Crippen molar-refractivity contribution in [1.29, 1.82) is 0 Å². The van der Waals surface area contributed by atoms with Crippen molar-refractivity contribution in [2.75, 3.05) is 26.2 Å². The lowest BCUT2D eigenvalue weighted by Gasteiger charge is -2.22. The fraction of sp³-hybridized carbons (Fsp3) is 0.769. The Bertz CT molecular complexity index is 416. The first-order chi connectivity index (χ1) is 9.74. The zero-order valence-corrected chi connectivity index (χ0v) is 11.9. The Kier molecular flexibility index (Phi) is 5.94. The second kappa shape index (κ2) is 7.96. The highest BCUT2D eigenvalue weighted by atomic mass is 16.5. The van der Waals surface area contributed by atoms with Crippen LogP contribution in [0.3, 0.4) is 0 Å². The van der Waals surface area contributed by atoms with Gasteiger partial charge in [-0.25, -0.2) is 0 Å². The number of ether oxygens (including phenoxy) is 1. The average Bonchev–Trinajstić information content (AvgIpc) is 2.86. The van der Waals surface area contributed by atoms with E-state index in [0.717, 1.165) is 25.9 Å². The summed E-state index contributed by atoms with van der Waals surface area (Å²) in [6.07, 6.45) is 3.33. The lowest BCUT2D eigenvalue weighted by atomic mass is 10.1. The minimum atomic E-state index is -0.000786. The molecule has 1 aliphatic rings. The van der Waals surface area contributed by atoms with Crippen molar-refractivity contribution in [2.45, 2.75) is 38.7 Å². The molecule has 1 fully saturated rings. The standard InChI is InChI=1S/C13H22N4O3/c1-10-16-12(17-20-10)4-8-15-13(18)5-9-19-11-2-6-14-7-3-11/h11,14H,2-9H2,1H3,(H,15,18). The van der Waals surface area contributed by atoms with Gasteiger partial charge in [0.05, 0.1) is 12.7 Å². The largest absolute Gasteiger partial charge is 0.378 e. The Hall–Kier alpha value is -1.47. The maximum Gasteiger partial charge on any atom is 0.223 e. The number of amides is 1. The molecular weight excluding hydrogens is 260 g/mol. The number of rotatable bonds is 7. The molecule has 0 unspecified atom stereocenters. The van der Waals surface area contributed by atoms with Crippen LogP contribution < -0.4 is 10.6 Å². The molecule has 112 valence electrons. The van der Waals surface area contributed by atoms with Crippen LogP contribution >= 0.6 is 0 Å². The van der Waals surface area contributed by atoms with Crippen LogP contribution in [-0.2, 0) is 16.0 Å². The molecule has 0 radical (unpaired) electrons. The van der Waals surface area contributed by atoms with Gasteiger partial charge in [-0.05, 0) is 25.9 Å². The van der Waals surface area contributed by atoms with Crippen molar-refractivity contribution in [3.63, 3.8) is 0 Å². The van der Waals surface area contributed by atoms with Gasteiger partial charge in [-0.1, -0.05) is 5.16 Å². The smallest absolute Gasteiger partial charge is 0.223 e. The van der Waals surface area contributed by atoms with E-state index in [1.807, 2.05) is 0 Å². The van der Waals surface area contributed by atoms with Crippen LogP contribution in [0.4, 0.5) is 0 Å². The van der Waals surface area contributed by atoms with E-state index in [9.17, 15) is 4.79 Å². The van der Waals surface area contributed by atoms with Crippen molar-refractivity contribution in [3.8, 4) is 0 Å². The highest BCUT2D eigenvalue weighted by Crippen LogP contribution is 2.07. The summed E-state index contributed by atoms with van der Waals surface area (Å²) in [4.78, 5) is 15.7. The summed E-state index contributed by atoms with van der Waals surface area (Å²) in [5, 5.41) is 9.87. The van der Waals surface area contributed by atoms with Crippen LogP contribution in [0.1, 0.15) is 31.0 Å². The Morgan fingerprint density at radius 2 is 2.30 bits per heavy atom. The molecular formula is C13H22N4O3. The second-order valence-corrected chi connectivity index (χ2v) is 4.90. The van der Waals surface area contributed by atoms with Gasteiger partial charge in [-0.2, -0.15) is 4.98 Å². The maximum atomic E-state index is 11.6. The van der Waals surface area contributed by atoms with E-state index >= 15 is 0 Å². The van der Waals surface area contributed by atoms with Gasteiger partial charge in [0.1, 0.15) is 0 Å². The molecule has 7 heteroatoms. The molecule has 2 rings (SSSR count). The van der Waals surface area contributed by atoms with Crippen molar-refractivity contribution in [1.82, 2.24) is 20.8 Å². The Balaban J connectivity index is 1.51. The number of hydrogen-bond acceptors (Lipinski definition) is 6. The molecule has 0 saturated carbocycles. The van der Waals surface area contributed by atoms with Crippen LogP contribution in [0.5, 0.6) is 0 Å². The lowest BCUT2D eigenvalue weighted by molar-refractivity contribution is -0.122. The third kappa shape index (κ3) is 5.26. The molecule has 2 N–H and O–H groups in total. The van der Waals surface area contributed by atoms with Gasteiger partial charge in [0.15, 0.2) is 5.82 Å². The zero-order chi connectivity index (χ0) is 14.2. The fourth-order valence-corrected chi connectivity index (χ4v) is 2.13. The van der Waals surface area contributed by atoms with Gasteiger partial charge < -0.3 is 19.9 Å². The first-order valence-electron chi connectivity index (χ1n) is 7.12. The SMILES string of the molecule is Cc1nc(CCNC(=O)CCOC2CCNCC2)no1. The van der Waals surface area contributed by atoms with E-state index in [0.29, 0.717) is 43.8 Å². The summed E-state index contributed by atoms with van der Waals surface area (Å²) >= 11 is 0. The number of aryl methyl sites for hydroxylation is 1. The van der Waals surface area contributed by atoms with Gasteiger partial charge >= 0.3 is 0 Å². The second-order valence-electron chi connectivity index (χ2n) is 4.90. The van der Waals surface area contributed by atoms with Crippen LogP contribution in [0, 0.1) is 6.92 Å². The minimum Gasteiger partial charge on any atom is -0.378 e. The molecule has 20 heavy (non-hydrogen) atoms. The van der Waals surface area contributed by atoms with Gasteiger partial charge in [0.25, 0.3) is 0 Å². The number of nitrogens with one attached hydrogen (secondary N) is 2. The molecule has 0 atom stereocenters. The molecule has 1 saturated heterocycles. The molecule has 1 aromatic heterocycles. The summed E-state index contributed by atoms with van der Waals surface area (Å²) in [6, 6.07) is 0. The molecule has 1 aromatic rings. The van der Waals surface area contributed by atoms with Crippen LogP contribution in [0.2, 0.25) is 0 Å². The summed E-state index contributed by atoms with van der Waals surface area (Å²) < 4.78 is 10.5. The van der Waals surface area contributed by atoms with E-state index in [1.165, 1.54) is 0 Å². The lowest BCUT2D eigenvalue weighted by Crippen LogP contribution is -2.33. The summed E-state index contributed by atoms with van der Waals surface area (Å²) in [5.74, 6) is 1.16. The molecule has 0 bridgehead atoms.